The van der Waals surface area contributed by atoms with Crippen LogP contribution in [0.2, 0.25) is 0 Å². The zero-order valence-corrected chi connectivity index (χ0v) is 14.2. The van der Waals surface area contributed by atoms with Crippen molar-refractivity contribution in [2.24, 2.45) is 5.73 Å². The Labute approximate surface area is 135 Å². The highest BCUT2D eigenvalue weighted by Crippen LogP contribution is 2.24. The van der Waals surface area contributed by atoms with Gasteiger partial charge in [0.25, 0.3) is 0 Å². The fourth-order valence-corrected chi connectivity index (χ4v) is 2.93. The molecule has 1 unspecified atom stereocenters. The molecule has 0 radical (unpaired) electrons. The molecule has 0 heterocycles. The lowest BCUT2D eigenvalue weighted by atomic mass is 9.97. The summed E-state index contributed by atoms with van der Waals surface area (Å²) in [5, 5.41) is 0. The maximum Gasteiger partial charge on any atom is 0.122 e. The van der Waals surface area contributed by atoms with Crippen LogP contribution in [0.3, 0.4) is 0 Å². The molecular formula is C18H22BrNO. The van der Waals surface area contributed by atoms with Gasteiger partial charge in [0.05, 0.1) is 7.11 Å². The second-order valence-electron chi connectivity index (χ2n) is 5.39. The first kappa shape index (κ1) is 16.1. The summed E-state index contributed by atoms with van der Waals surface area (Å²) in [6.07, 6.45) is 2.82. The molecule has 0 aliphatic rings. The fourth-order valence-electron chi connectivity index (χ4n) is 2.52. The van der Waals surface area contributed by atoms with Crippen molar-refractivity contribution in [2.75, 3.05) is 7.11 Å². The minimum absolute atomic E-state index is 0.132. The van der Waals surface area contributed by atoms with E-state index in [1.54, 1.807) is 7.11 Å². The van der Waals surface area contributed by atoms with Crippen molar-refractivity contribution >= 4 is 15.9 Å². The van der Waals surface area contributed by atoms with Gasteiger partial charge in [0.2, 0.25) is 0 Å². The minimum Gasteiger partial charge on any atom is -0.496 e. The highest BCUT2D eigenvalue weighted by Gasteiger charge is 2.10. The molecule has 0 amide bonds. The average Bonchev–Trinajstić information content (AvgIpc) is 2.47. The van der Waals surface area contributed by atoms with Crippen LogP contribution < -0.4 is 10.5 Å². The quantitative estimate of drug-likeness (QED) is 0.846. The Morgan fingerprint density at radius 2 is 1.90 bits per heavy atom. The third-order valence-corrected chi connectivity index (χ3v) is 4.26. The average molecular weight is 348 g/mol. The molecule has 2 aromatic rings. The van der Waals surface area contributed by atoms with E-state index in [1.807, 2.05) is 12.1 Å². The van der Waals surface area contributed by atoms with E-state index in [0.717, 1.165) is 35.0 Å². The molecule has 21 heavy (non-hydrogen) atoms. The molecule has 0 spiro atoms. The van der Waals surface area contributed by atoms with Crippen LogP contribution in [-0.4, -0.2) is 13.2 Å². The summed E-state index contributed by atoms with van der Waals surface area (Å²) in [6.45, 7) is 2.15. The summed E-state index contributed by atoms with van der Waals surface area (Å²) in [5.74, 6) is 0.907. The van der Waals surface area contributed by atoms with Crippen molar-refractivity contribution in [2.45, 2.75) is 32.2 Å². The second kappa shape index (κ2) is 7.62. The van der Waals surface area contributed by atoms with E-state index in [2.05, 4.69) is 53.2 Å². The SMILES string of the molecule is COc1ccc(Br)cc1CC(N)CCc1ccccc1C. The number of nitrogens with two attached hydrogens (primary N) is 1. The largest absolute Gasteiger partial charge is 0.496 e. The number of hydrogen-bond acceptors (Lipinski definition) is 2. The normalized spacial score (nSPS) is 12.2. The van der Waals surface area contributed by atoms with Gasteiger partial charge in [-0.2, -0.15) is 0 Å². The standard InChI is InChI=1S/C18H22BrNO/c1-13-5-3-4-6-14(13)7-9-17(20)12-15-11-16(19)8-10-18(15)21-2/h3-6,8,10-11,17H,7,9,12,20H2,1-2H3. The Balaban J connectivity index is 1.97. The summed E-state index contributed by atoms with van der Waals surface area (Å²) in [4.78, 5) is 0. The molecular weight excluding hydrogens is 326 g/mol. The van der Waals surface area contributed by atoms with Crippen LogP contribution in [0.15, 0.2) is 46.9 Å². The molecule has 0 saturated heterocycles. The number of methoxy groups -OCH3 is 1. The zero-order valence-electron chi connectivity index (χ0n) is 12.6. The van der Waals surface area contributed by atoms with Crippen molar-refractivity contribution < 1.29 is 4.74 Å². The maximum atomic E-state index is 6.31. The van der Waals surface area contributed by atoms with Crippen LogP contribution in [0.1, 0.15) is 23.1 Å². The minimum atomic E-state index is 0.132. The van der Waals surface area contributed by atoms with Gasteiger partial charge < -0.3 is 10.5 Å². The third kappa shape index (κ3) is 4.58. The summed E-state index contributed by atoms with van der Waals surface area (Å²) < 4.78 is 6.47. The lowest BCUT2D eigenvalue weighted by Crippen LogP contribution is -2.24. The van der Waals surface area contributed by atoms with E-state index < -0.39 is 0 Å². The van der Waals surface area contributed by atoms with Gasteiger partial charge in [-0.05, 0) is 61.1 Å². The smallest absolute Gasteiger partial charge is 0.122 e. The van der Waals surface area contributed by atoms with Gasteiger partial charge in [-0.25, -0.2) is 0 Å². The monoisotopic (exact) mass is 347 g/mol. The van der Waals surface area contributed by atoms with Crippen molar-refractivity contribution in [1.82, 2.24) is 0 Å². The van der Waals surface area contributed by atoms with Gasteiger partial charge in [0.1, 0.15) is 5.75 Å². The Morgan fingerprint density at radius 3 is 2.62 bits per heavy atom. The van der Waals surface area contributed by atoms with Gasteiger partial charge in [0, 0.05) is 10.5 Å². The molecule has 2 rings (SSSR count). The third-order valence-electron chi connectivity index (χ3n) is 3.77. The van der Waals surface area contributed by atoms with Gasteiger partial charge in [-0.1, -0.05) is 40.2 Å². The van der Waals surface area contributed by atoms with Crippen molar-refractivity contribution in [3.63, 3.8) is 0 Å². The predicted octanol–water partition coefficient (Wildman–Crippen LogP) is 4.27. The zero-order chi connectivity index (χ0) is 15.2. The topological polar surface area (TPSA) is 35.2 Å². The molecule has 2 nitrogen and oxygen atoms in total. The molecule has 2 aromatic carbocycles. The molecule has 0 aromatic heterocycles. The predicted molar refractivity (Wildman–Crippen MR) is 91.9 cm³/mol. The molecule has 0 aliphatic carbocycles. The summed E-state index contributed by atoms with van der Waals surface area (Å²) in [6, 6.07) is 14.7. The van der Waals surface area contributed by atoms with Gasteiger partial charge in [0.15, 0.2) is 0 Å². The molecule has 0 bridgehead atoms. The fraction of sp³-hybridized carbons (Fsp3) is 0.333. The number of aryl methyl sites for hydroxylation is 2. The Morgan fingerprint density at radius 1 is 1.14 bits per heavy atom. The van der Waals surface area contributed by atoms with Crippen LogP contribution in [0.4, 0.5) is 0 Å². The van der Waals surface area contributed by atoms with Crippen LogP contribution >= 0.6 is 15.9 Å². The lowest BCUT2D eigenvalue weighted by molar-refractivity contribution is 0.407. The van der Waals surface area contributed by atoms with Crippen molar-refractivity contribution in [3.05, 3.63) is 63.6 Å². The van der Waals surface area contributed by atoms with Crippen LogP contribution in [0.25, 0.3) is 0 Å². The lowest BCUT2D eigenvalue weighted by Gasteiger charge is -2.15. The molecule has 112 valence electrons. The first-order valence-electron chi connectivity index (χ1n) is 7.22. The number of rotatable bonds is 6. The van der Waals surface area contributed by atoms with Gasteiger partial charge in [-0.15, -0.1) is 0 Å². The maximum absolute atomic E-state index is 6.31. The number of benzene rings is 2. The molecule has 1 atom stereocenters. The first-order chi connectivity index (χ1) is 10.1. The molecule has 0 saturated carbocycles. The number of ether oxygens (including phenoxy) is 1. The van der Waals surface area contributed by atoms with E-state index in [-0.39, 0.29) is 6.04 Å². The number of halogens is 1. The second-order valence-corrected chi connectivity index (χ2v) is 6.30. The molecule has 2 N–H and O–H groups in total. The van der Waals surface area contributed by atoms with E-state index in [1.165, 1.54) is 11.1 Å². The summed E-state index contributed by atoms with van der Waals surface area (Å²) in [7, 11) is 1.70. The van der Waals surface area contributed by atoms with Gasteiger partial charge in [-0.3, -0.25) is 0 Å². The first-order valence-corrected chi connectivity index (χ1v) is 8.02. The summed E-state index contributed by atoms with van der Waals surface area (Å²) >= 11 is 3.50. The van der Waals surface area contributed by atoms with Crippen LogP contribution in [0.5, 0.6) is 5.75 Å². The van der Waals surface area contributed by atoms with Crippen molar-refractivity contribution in [1.29, 1.82) is 0 Å². The van der Waals surface area contributed by atoms with E-state index in [0.29, 0.717) is 0 Å². The van der Waals surface area contributed by atoms with E-state index >= 15 is 0 Å². The van der Waals surface area contributed by atoms with Gasteiger partial charge >= 0.3 is 0 Å². The highest BCUT2D eigenvalue weighted by molar-refractivity contribution is 9.10. The molecule has 3 heteroatoms. The van der Waals surface area contributed by atoms with Crippen LogP contribution in [0, 0.1) is 6.92 Å². The van der Waals surface area contributed by atoms with Crippen LogP contribution in [-0.2, 0) is 12.8 Å². The van der Waals surface area contributed by atoms with E-state index in [4.69, 9.17) is 10.5 Å². The van der Waals surface area contributed by atoms with Crippen molar-refractivity contribution in [3.8, 4) is 5.75 Å². The van der Waals surface area contributed by atoms with E-state index in [9.17, 15) is 0 Å². The Kier molecular flexibility index (Phi) is 5.83. The Bertz CT molecular complexity index is 598. The Hall–Kier alpha value is -1.32. The highest BCUT2D eigenvalue weighted by atomic mass is 79.9. The summed E-state index contributed by atoms with van der Waals surface area (Å²) in [5.41, 5.74) is 10.2. The number of hydrogen-bond donors (Lipinski definition) is 1. The molecule has 0 fully saturated rings. The molecule has 0 aliphatic heterocycles.